The second-order valence-electron chi connectivity index (χ2n) is 7.80. The van der Waals surface area contributed by atoms with E-state index >= 15 is 0 Å². The summed E-state index contributed by atoms with van der Waals surface area (Å²) >= 11 is 12.1. The molecule has 2 amide bonds. The number of H-pyrrole nitrogens is 1. The molecule has 1 aliphatic heterocycles. The van der Waals surface area contributed by atoms with E-state index in [4.69, 9.17) is 23.2 Å². The summed E-state index contributed by atoms with van der Waals surface area (Å²) in [5.41, 5.74) is 0.167. The fraction of sp³-hybridized carbons (Fsp3) is 0.227. The number of halogens is 3. The maximum absolute atomic E-state index is 13.1. The summed E-state index contributed by atoms with van der Waals surface area (Å²) in [7, 11) is -3.76. The van der Waals surface area contributed by atoms with Gasteiger partial charge in [0.05, 0.1) is 26.2 Å². The molecule has 9 nitrogen and oxygen atoms in total. The number of aromatic nitrogens is 2. The summed E-state index contributed by atoms with van der Waals surface area (Å²) in [5.74, 6) is -1.66. The van der Waals surface area contributed by atoms with Gasteiger partial charge >= 0.3 is 0 Å². The van der Waals surface area contributed by atoms with Gasteiger partial charge in [-0.2, -0.15) is 9.40 Å². The number of amides is 2. The van der Waals surface area contributed by atoms with Crippen molar-refractivity contribution in [1.29, 1.82) is 0 Å². The highest BCUT2D eigenvalue weighted by atomic mass is 35.5. The first-order chi connectivity index (χ1) is 16.7. The van der Waals surface area contributed by atoms with Crippen molar-refractivity contribution in [1.82, 2.24) is 19.8 Å². The van der Waals surface area contributed by atoms with Crippen molar-refractivity contribution < 1.29 is 22.4 Å². The summed E-state index contributed by atoms with van der Waals surface area (Å²) < 4.78 is 40.0. The number of piperidine rings is 1. The normalized spacial score (nSPS) is 15.1. The zero-order chi connectivity index (χ0) is 25.2. The molecule has 1 fully saturated rings. The van der Waals surface area contributed by atoms with Gasteiger partial charge in [0.1, 0.15) is 5.82 Å². The third-order valence-corrected chi connectivity index (χ3v) is 8.08. The van der Waals surface area contributed by atoms with Crippen molar-refractivity contribution in [2.45, 2.75) is 23.8 Å². The number of anilines is 1. The van der Waals surface area contributed by atoms with Gasteiger partial charge in [0, 0.05) is 25.3 Å². The third-order valence-electron chi connectivity index (χ3n) is 5.53. The second kappa shape index (κ2) is 10.3. The van der Waals surface area contributed by atoms with Crippen LogP contribution in [0.2, 0.25) is 10.0 Å². The van der Waals surface area contributed by atoms with Crippen LogP contribution in [-0.4, -0.2) is 53.9 Å². The Labute approximate surface area is 210 Å². The van der Waals surface area contributed by atoms with E-state index in [1.54, 1.807) is 6.07 Å². The van der Waals surface area contributed by atoms with Crippen LogP contribution in [0, 0.1) is 5.82 Å². The van der Waals surface area contributed by atoms with Crippen molar-refractivity contribution >= 4 is 50.7 Å². The van der Waals surface area contributed by atoms with Gasteiger partial charge in [0.15, 0.2) is 5.69 Å². The Bertz CT molecular complexity index is 1340. The quantitative estimate of drug-likeness (QED) is 0.440. The first-order valence-electron chi connectivity index (χ1n) is 10.5. The SMILES string of the molecule is O=C(NC1CCN(S(=O)(=O)c2ccc(F)cc2)CC1)c1n[nH]cc1NC(=O)c1c(Cl)cccc1Cl. The first kappa shape index (κ1) is 25.1. The Morgan fingerprint density at radius 2 is 1.66 bits per heavy atom. The lowest BCUT2D eigenvalue weighted by Gasteiger charge is -2.31. The zero-order valence-electron chi connectivity index (χ0n) is 18.1. The third kappa shape index (κ3) is 5.48. The summed E-state index contributed by atoms with van der Waals surface area (Å²) in [5, 5.41) is 12.2. The maximum Gasteiger partial charge on any atom is 0.274 e. The van der Waals surface area contributed by atoms with Crippen molar-refractivity contribution in [2.75, 3.05) is 18.4 Å². The van der Waals surface area contributed by atoms with Crippen molar-refractivity contribution in [3.63, 3.8) is 0 Å². The molecule has 1 saturated heterocycles. The number of sulfonamides is 1. The molecule has 184 valence electrons. The molecule has 2 aromatic carbocycles. The van der Waals surface area contributed by atoms with Gasteiger partial charge in [-0.3, -0.25) is 14.7 Å². The van der Waals surface area contributed by atoms with Gasteiger partial charge in [0.25, 0.3) is 11.8 Å². The number of carbonyl (C=O) groups is 2. The van der Waals surface area contributed by atoms with Gasteiger partial charge in [-0.15, -0.1) is 0 Å². The molecular weight excluding hydrogens is 520 g/mol. The molecule has 4 rings (SSSR count). The van der Waals surface area contributed by atoms with Crippen molar-refractivity contribution in [3.05, 3.63) is 75.8 Å². The minimum atomic E-state index is -3.76. The van der Waals surface area contributed by atoms with Crippen LogP contribution in [0.15, 0.2) is 53.6 Å². The summed E-state index contributed by atoms with van der Waals surface area (Å²) in [4.78, 5) is 25.5. The molecule has 3 N–H and O–H groups in total. The smallest absolute Gasteiger partial charge is 0.274 e. The minimum Gasteiger partial charge on any atom is -0.348 e. The van der Waals surface area contributed by atoms with E-state index in [-0.39, 0.29) is 51.0 Å². The Balaban J connectivity index is 1.37. The monoisotopic (exact) mass is 539 g/mol. The van der Waals surface area contributed by atoms with Crippen LogP contribution in [0.3, 0.4) is 0 Å². The fourth-order valence-electron chi connectivity index (χ4n) is 3.71. The topological polar surface area (TPSA) is 124 Å². The van der Waals surface area contributed by atoms with Crippen LogP contribution in [-0.2, 0) is 10.0 Å². The lowest BCUT2D eigenvalue weighted by Crippen LogP contribution is -2.46. The molecule has 0 saturated carbocycles. The number of hydrogen-bond donors (Lipinski definition) is 3. The molecule has 13 heteroatoms. The number of benzene rings is 2. The summed E-state index contributed by atoms with van der Waals surface area (Å²) in [6.45, 7) is 0.361. The first-order valence-corrected chi connectivity index (χ1v) is 12.7. The highest BCUT2D eigenvalue weighted by Crippen LogP contribution is 2.26. The number of hydrogen-bond acceptors (Lipinski definition) is 5. The Morgan fingerprint density at radius 3 is 2.29 bits per heavy atom. The molecule has 35 heavy (non-hydrogen) atoms. The molecule has 0 aliphatic carbocycles. The van der Waals surface area contributed by atoms with E-state index < -0.39 is 27.7 Å². The number of nitrogens with one attached hydrogen (secondary N) is 3. The highest BCUT2D eigenvalue weighted by Gasteiger charge is 2.31. The molecule has 3 aromatic rings. The second-order valence-corrected chi connectivity index (χ2v) is 10.6. The lowest BCUT2D eigenvalue weighted by atomic mass is 10.1. The molecule has 0 bridgehead atoms. The zero-order valence-corrected chi connectivity index (χ0v) is 20.4. The van der Waals surface area contributed by atoms with Crippen LogP contribution in [0.4, 0.5) is 10.1 Å². The van der Waals surface area contributed by atoms with Gasteiger partial charge in [0.2, 0.25) is 10.0 Å². The van der Waals surface area contributed by atoms with Crippen molar-refractivity contribution in [2.24, 2.45) is 0 Å². The average molecular weight is 540 g/mol. The minimum absolute atomic E-state index is 0.0110. The maximum atomic E-state index is 13.1. The van der Waals surface area contributed by atoms with E-state index in [2.05, 4.69) is 20.8 Å². The van der Waals surface area contributed by atoms with Crippen LogP contribution >= 0.6 is 23.2 Å². The van der Waals surface area contributed by atoms with Gasteiger partial charge < -0.3 is 10.6 Å². The van der Waals surface area contributed by atoms with E-state index in [1.807, 2.05) is 0 Å². The molecule has 2 heterocycles. The number of rotatable bonds is 6. The lowest BCUT2D eigenvalue weighted by molar-refractivity contribution is 0.0919. The Kier molecular flexibility index (Phi) is 7.41. The molecule has 1 aliphatic rings. The van der Waals surface area contributed by atoms with E-state index in [0.717, 1.165) is 12.1 Å². The van der Waals surface area contributed by atoms with Gasteiger partial charge in [-0.05, 0) is 49.2 Å². The average Bonchev–Trinajstić information content (AvgIpc) is 3.28. The van der Waals surface area contributed by atoms with Gasteiger partial charge in [-0.25, -0.2) is 12.8 Å². The number of nitrogens with zero attached hydrogens (tertiary/aromatic N) is 2. The Hall–Kier alpha value is -2.99. The van der Waals surface area contributed by atoms with Crippen molar-refractivity contribution in [3.8, 4) is 0 Å². The largest absolute Gasteiger partial charge is 0.348 e. The highest BCUT2D eigenvalue weighted by molar-refractivity contribution is 7.89. The molecular formula is C22H20Cl2FN5O4S. The van der Waals surface area contributed by atoms with Crippen LogP contribution in [0.25, 0.3) is 0 Å². The number of aromatic amines is 1. The van der Waals surface area contributed by atoms with Crippen LogP contribution in [0.5, 0.6) is 0 Å². The fourth-order valence-corrected chi connectivity index (χ4v) is 5.75. The molecule has 0 spiro atoms. The van der Waals surface area contributed by atoms with E-state index in [9.17, 15) is 22.4 Å². The van der Waals surface area contributed by atoms with Crippen LogP contribution in [0.1, 0.15) is 33.7 Å². The van der Waals surface area contributed by atoms with Crippen LogP contribution < -0.4 is 10.6 Å². The summed E-state index contributed by atoms with van der Waals surface area (Å²) in [6.07, 6.45) is 2.09. The van der Waals surface area contributed by atoms with E-state index in [0.29, 0.717) is 12.8 Å². The molecule has 0 radical (unpaired) electrons. The number of carbonyl (C=O) groups excluding carboxylic acids is 2. The molecule has 1 aromatic heterocycles. The standard InChI is InChI=1S/C22H20Cl2FN5O4S/c23-16-2-1-3-17(24)19(16)21(31)28-18-12-26-29-20(18)22(32)27-14-8-10-30(11-9-14)35(33,34)15-6-4-13(25)5-7-15/h1-7,12,14H,8-11H2,(H,26,29)(H,27,32)(H,28,31). The summed E-state index contributed by atoms with van der Waals surface area (Å²) in [6, 6.07) is 8.99. The predicted octanol–water partition coefficient (Wildman–Crippen LogP) is 3.69. The molecule has 0 atom stereocenters. The van der Waals surface area contributed by atoms with Gasteiger partial charge in [-0.1, -0.05) is 29.3 Å². The predicted molar refractivity (Wildman–Crippen MR) is 129 cm³/mol. The molecule has 0 unspecified atom stereocenters. The van der Waals surface area contributed by atoms with E-state index in [1.165, 1.54) is 34.8 Å². The Morgan fingerprint density at radius 1 is 1.03 bits per heavy atom.